The van der Waals surface area contributed by atoms with Crippen LogP contribution in [0.25, 0.3) is 0 Å². The Morgan fingerprint density at radius 2 is 1.58 bits per heavy atom. The maximum Gasteiger partial charge on any atom is 0.279 e. The number of halogens is 1. The Balaban J connectivity index is 2.02. The predicted molar refractivity (Wildman–Crippen MR) is 95.7 cm³/mol. The molecule has 4 heteroatoms. The first-order valence-electron chi connectivity index (χ1n) is 8.50. The molecule has 0 heterocycles. The molecule has 0 aliphatic rings. The number of rotatable bonds is 7. The van der Waals surface area contributed by atoms with Crippen molar-refractivity contribution in [3.05, 3.63) is 65.0 Å². The minimum absolute atomic E-state index is 0.0422. The van der Waals surface area contributed by atoms with Crippen molar-refractivity contribution < 1.29 is 14.1 Å². The summed E-state index contributed by atoms with van der Waals surface area (Å²) in [5.74, 6) is -0.263. The van der Waals surface area contributed by atoms with E-state index in [0.717, 1.165) is 34.6 Å². The third-order valence-corrected chi connectivity index (χ3v) is 4.18. The van der Waals surface area contributed by atoms with Gasteiger partial charge >= 0.3 is 0 Å². The summed E-state index contributed by atoms with van der Waals surface area (Å²) in [6, 6.07) is 12.8. The van der Waals surface area contributed by atoms with Crippen LogP contribution in [0.1, 0.15) is 30.5 Å². The first kappa shape index (κ1) is 18.1. The number of carbonyl (C=O) groups excluding carboxylic acids is 1. The van der Waals surface area contributed by atoms with E-state index in [1.54, 1.807) is 12.1 Å². The molecular weight excluding hydrogens is 303 g/mol. The van der Waals surface area contributed by atoms with Crippen LogP contribution in [0.15, 0.2) is 42.5 Å². The molecule has 2 N–H and O–H groups in total. The van der Waals surface area contributed by atoms with Gasteiger partial charge in [-0.3, -0.25) is 4.79 Å². The van der Waals surface area contributed by atoms with E-state index in [0.29, 0.717) is 18.7 Å². The molecule has 0 aromatic heterocycles. The summed E-state index contributed by atoms with van der Waals surface area (Å²) in [5, 5.41) is 3.06. The van der Waals surface area contributed by atoms with E-state index in [-0.39, 0.29) is 11.7 Å². The Labute approximate surface area is 143 Å². The Kier molecular flexibility index (Phi) is 6.50. The Hall–Kier alpha value is -2.20. The Morgan fingerprint density at radius 3 is 2.17 bits per heavy atom. The van der Waals surface area contributed by atoms with Gasteiger partial charge < -0.3 is 10.2 Å². The average molecular weight is 329 g/mol. The number of benzene rings is 2. The second kappa shape index (κ2) is 8.60. The first-order valence-corrected chi connectivity index (χ1v) is 8.50. The first-order chi connectivity index (χ1) is 11.5. The van der Waals surface area contributed by atoms with Crippen LogP contribution >= 0.6 is 0 Å². The van der Waals surface area contributed by atoms with Gasteiger partial charge in [0, 0.05) is 11.3 Å². The fourth-order valence-corrected chi connectivity index (χ4v) is 2.89. The van der Waals surface area contributed by atoms with Crippen molar-refractivity contribution in [3.63, 3.8) is 0 Å². The number of aryl methyl sites for hydroxylation is 2. The standard InChI is InChI=1S/C20H25FN2O/c1-4-15-10-8-11-16(5-2)20(15)22-19(24)14-23(3)13-17-9-6-7-12-18(17)21/h6-12H,4-5,13-14H2,1-3H3,(H,22,24)/p+1. The minimum atomic E-state index is -0.221. The zero-order valence-corrected chi connectivity index (χ0v) is 14.7. The number of nitrogens with one attached hydrogen (secondary N) is 2. The van der Waals surface area contributed by atoms with Crippen molar-refractivity contribution >= 4 is 11.6 Å². The van der Waals surface area contributed by atoms with E-state index in [1.807, 2.05) is 31.3 Å². The number of likely N-dealkylation sites (N-methyl/N-ethyl adjacent to an activating group) is 1. The van der Waals surface area contributed by atoms with Gasteiger partial charge in [-0.25, -0.2) is 4.39 Å². The lowest BCUT2D eigenvalue weighted by Gasteiger charge is -2.17. The summed E-state index contributed by atoms with van der Waals surface area (Å²) in [4.78, 5) is 13.4. The molecule has 0 aliphatic heterocycles. The van der Waals surface area contributed by atoms with E-state index in [9.17, 15) is 9.18 Å². The third-order valence-electron chi connectivity index (χ3n) is 4.18. The van der Waals surface area contributed by atoms with Crippen molar-refractivity contribution in [3.8, 4) is 0 Å². The molecule has 2 rings (SSSR count). The highest BCUT2D eigenvalue weighted by molar-refractivity contribution is 5.93. The maximum atomic E-state index is 13.7. The van der Waals surface area contributed by atoms with Crippen LogP contribution in [-0.4, -0.2) is 19.5 Å². The zero-order chi connectivity index (χ0) is 17.5. The number of hydrogen-bond acceptors (Lipinski definition) is 1. The maximum absolute atomic E-state index is 13.7. The number of amides is 1. The quantitative estimate of drug-likeness (QED) is 0.804. The van der Waals surface area contributed by atoms with Gasteiger partial charge in [-0.1, -0.05) is 50.2 Å². The van der Waals surface area contributed by atoms with Crippen LogP contribution in [0.5, 0.6) is 0 Å². The number of carbonyl (C=O) groups is 1. The normalized spacial score (nSPS) is 12.0. The largest absolute Gasteiger partial charge is 0.326 e. The molecular formula is C20H26FN2O+. The lowest BCUT2D eigenvalue weighted by Crippen LogP contribution is -3.08. The minimum Gasteiger partial charge on any atom is -0.326 e. The Morgan fingerprint density at radius 1 is 1.00 bits per heavy atom. The van der Waals surface area contributed by atoms with Gasteiger partial charge in [0.05, 0.1) is 7.05 Å². The number of para-hydroxylation sites is 1. The molecule has 1 amide bonds. The highest BCUT2D eigenvalue weighted by atomic mass is 19.1. The Bertz CT molecular complexity index is 678. The molecule has 24 heavy (non-hydrogen) atoms. The molecule has 0 spiro atoms. The van der Waals surface area contributed by atoms with E-state index in [4.69, 9.17) is 0 Å². The summed E-state index contributed by atoms with van der Waals surface area (Å²) >= 11 is 0. The number of anilines is 1. The number of quaternary nitrogens is 1. The van der Waals surface area contributed by atoms with Crippen molar-refractivity contribution in [1.82, 2.24) is 0 Å². The van der Waals surface area contributed by atoms with Crippen LogP contribution in [0.3, 0.4) is 0 Å². The van der Waals surface area contributed by atoms with Crippen molar-refractivity contribution in [2.75, 3.05) is 18.9 Å². The van der Waals surface area contributed by atoms with Gasteiger partial charge in [0.25, 0.3) is 5.91 Å². The summed E-state index contributed by atoms with van der Waals surface area (Å²) in [5.41, 5.74) is 3.86. The van der Waals surface area contributed by atoms with Crippen molar-refractivity contribution in [1.29, 1.82) is 0 Å². The van der Waals surface area contributed by atoms with Crippen LogP contribution in [-0.2, 0) is 24.2 Å². The topological polar surface area (TPSA) is 33.5 Å². The van der Waals surface area contributed by atoms with Crippen LogP contribution in [0.2, 0.25) is 0 Å². The van der Waals surface area contributed by atoms with Crippen LogP contribution in [0.4, 0.5) is 10.1 Å². The molecule has 0 radical (unpaired) electrons. The summed E-state index contributed by atoms with van der Waals surface area (Å²) in [6.45, 7) is 4.95. The molecule has 0 saturated carbocycles. The average Bonchev–Trinajstić information content (AvgIpc) is 2.57. The molecule has 2 aromatic rings. The SMILES string of the molecule is CCc1cccc(CC)c1NC(=O)C[NH+](C)Cc1ccccc1F. The van der Waals surface area contributed by atoms with Crippen molar-refractivity contribution in [2.45, 2.75) is 33.2 Å². The third kappa shape index (κ3) is 4.65. The predicted octanol–water partition coefficient (Wildman–Crippen LogP) is 2.60. The van der Waals surface area contributed by atoms with Gasteiger partial charge in [-0.15, -0.1) is 0 Å². The fourth-order valence-electron chi connectivity index (χ4n) is 2.89. The van der Waals surface area contributed by atoms with Gasteiger partial charge in [0.2, 0.25) is 0 Å². The number of hydrogen-bond donors (Lipinski definition) is 2. The lowest BCUT2D eigenvalue weighted by molar-refractivity contribution is -0.885. The molecule has 0 bridgehead atoms. The monoisotopic (exact) mass is 329 g/mol. The second-order valence-electron chi connectivity index (χ2n) is 6.11. The lowest BCUT2D eigenvalue weighted by atomic mass is 10.0. The summed E-state index contributed by atoms with van der Waals surface area (Å²) in [6.07, 6.45) is 1.75. The van der Waals surface area contributed by atoms with E-state index >= 15 is 0 Å². The van der Waals surface area contributed by atoms with E-state index in [1.165, 1.54) is 6.07 Å². The van der Waals surface area contributed by atoms with Gasteiger partial charge in [0.1, 0.15) is 12.4 Å². The molecule has 2 aromatic carbocycles. The van der Waals surface area contributed by atoms with E-state index < -0.39 is 0 Å². The fraction of sp³-hybridized carbons (Fsp3) is 0.350. The highest BCUT2D eigenvalue weighted by Gasteiger charge is 2.15. The molecule has 128 valence electrons. The molecule has 0 aliphatic carbocycles. The molecule has 0 saturated heterocycles. The van der Waals surface area contributed by atoms with Gasteiger partial charge in [-0.2, -0.15) is 0 Å². The molecule has 3 nitrogen and oxygen atoms in total. The van der Waals surface area contributed by atoms with Crippen LogP contribution in [0, 0.1) is 5.82 Å². The molecule has 1 unspecified atom stereocenters. The zero-order valence-electron chi connectivity index (χ0n) is 14.7. The van der Waals surface area contributed by atoms with Gasteiger partial charge in [0.15, 0.2) is 6.54 Å². The second-order valence-corrected chi connectivity index (χ2v) is 6.11. The smallest absolute Gasteiger partial charge is 0.279 e. The van der Waals surface area contributed by atoms with E-state index in [2.05, 4.69) is 19.2 Å². The summed E-state index contributed by atoms with van der Waals surface area (Å²) in [7, 11) is 1.90. The summed E-state index contributed by atoms with van der Waals surface area (Å²) < 4.78 is 13.7. The highest BCUT2D eigenvalue weighted by Crippen LogP contribution is 2.22. The van der Waals surface area contributed by atoms with Crippen molar-refractivity contribution in [2.24, 2.45) is 0 Å². The molecule has 1 atom stereocenters. The van der Waals surface area contributed by atoms with Crippen LogP contribution < -0.4 is 10.2 Å². The van der Waals surface area contributed by atoms with Gasteiger partial charge in [-0.05, 0) is 30.0 Å². The molecule has 0 fully saturated rings.